The van der Waals surface area contributed by atoms with E-state index >= 15 is 0 Å². The van der Waals surface area contributed by atoms with Crippen molar-refractivity contribution in [3.63, 3.8) is 0 Å². The summed E-state index contributed by atoms with van der Waals surface area (Å²) in [6.45, 7) is 1.33. The van der Waals surface area contributed by atoms with E-state index in [2.05, 4.69) is 0 Å². The van der Waals surface area contributed by atoms with Crippen molar-refractivity contribution in [2.45, 2.75) is 19.1 Å². The third-order valence-corrected chi connectivity index (χ3v) is 4.27. The minimum absolute atomic E-state index is 0.0400. The fraction of sp³-hybridized carbons (Fsp3) is 0.250. The molecule has 2 aromatic carbocycles. The molecule has 2 atom stereocenters. The molecule has 0 unspecified atom stereocenters. The van der Waals surface area contributed by atoms with E-state index < -0.39 is 29.9 Å². The molecular formula is C20H19NO5. The summed E-state index contributed by atoms with van der Waals surface area (Å²) in [5.74, 6) is -1.34. The van der Waals surface area contributed by atoms with Crippen LogP contribution in [0.25, 0.3) is 0 Å². The Morgan fingerprint density at radius 1 is 0.962 bits per heavy atom. The Balaban J connectivity index is 2.03. The van der Waals surface area contributed by atoms with Gasteiger partial charge in [0.05, 0.1) is 17.7 Å². The summed E-state index contributed by atoms with van der Waals surface area (Å²) in [5.41, 5.74) is 1.36. The molecule has 26 heavy (non-hydrogen) atoms. The van der Waals surface area contributed by atoms with E-state index in [1.54, 1.807) is 48.5 Å². The molecule has 0 radical (unpaired) electrons. The van der Waals surface area contributed by atoms with Crippen molar-refractivity contribution in [3.05, 3.63) is 71.3 Å². The minimum atomic E-state index is -0.823. The molecule has 0 aliphatic carbocycles. The van der Waals surface area contributed by atoms with Crippen molar-refractivity contribution >= 4 is 17.8 Å². The summed E-state index contributed by atoms with van der Waals surface area (Å²) in [6.07, 6.45) is -0.823. The smallest absolute Gasteiger partial charge is 0.303 e. The third-order valence-electron chi connectivity index (χ3n) is 4.27. The fourth-order valence-electron chi connectivity index (χ4n) is 3.17. The summed E-state index contributed by atoms with van der Waals surface area (Å²) in [5, 5.41) is 0. The Morgan fingerprint density at radius 2 is 1.50 bits per heavy atom. The monoisotopic (exact) mass is 353 g/mol. The maximum Gasteiger partial charge on any atom is 0.303 e. The number of amides is 2. The van der Waals surface area contributed by atoms with Gasteiger partial charge in [0.2, 0.25) is 0 Å². The van der Waals surface area contributed by atoms with Gasteiger partial charge in [-0.3, -0.25) is 19.3 Å². The van der Waals surface area contributed by atoms with Gasteiger partial charge in [-0.2, -0.15) is 0 Å². The highest BCUT2D eigenvalue weighted by atomic mass is 16.5. The topological polar surface area (TPSA) is 72.9 Å². The van der Waals surface area contributed by atoms with Gasteiger partial charge in [-0.25, -0.2) is 0 Å². The molecule has 0 saturated carbocycles. The van der Waals surface area contributed by atoms with Crippen LogP contribution in [0.15, 0.2) is 54.6 Å². The van der Waals surface area contributed by atoms with E-state index in [4.69, 9.17) is 9.47 Å². The Morgan fingerprint density at radius 3 is 2.00 bits per heavy atom. The van der Waals surface area contributed by atoms with Crippen molar-refractivity contribution in [1.82, 2.24) is 4.90 Å². The van der Waals surface area contributed by atoms with E-state index in [1.165, 1.54) is 14.0 Å². The van der Waals surface area contributed by atoms with E-state index in [-0.39, 0.29) is 6.61 Å². The van der Waals surface area contributed by atoms with Crippen molar-refractivity contribution in [2.24, 2.45) is 0 Å². The zero-order valence-corrected chi connectivity index (χ0v) is 14.5. The zero-order valence-electron chi connectivity index (χ0n) is 14.5. The van der Waals surface area contributed by atoms with Crippen LogP contribution >= 0.6 is 0 Å². The van der Waals surface area contributed by atoms with Crippen LogP contribution in [0, 0.1) is 0 Å². The van der Waals surface area contributed by atoms with Crippen LogP contribution in [0.5, 0.6) is 0 Å². The molecule has 2 amide bonds. The van der Waals surface area contributed by atoms with Gasteiger partial charge in [-0.1, -0.05) is 42.5 Å². The van der Waals surface area contributed by atoms with Crippen LogP contribution < -0.4 is 0 Å². The highest BCUT2D eigenvalue weighted by Crippen LogP contribution is 2.32. The normalized spacial score (nSPS) is 15.5. The number of rotatable bonds is 6. The predicted molar refractivity (Wildman–Crippen MR) is 93.6 cm³/mol. The molecule has 0 saturated heterocycles. The average molecular weight is 353 g/mol. The standard InChI is InChI=1S/C20H19NO5/c1-13(22)26-18(14-8-4-3-5-9-14)17(12-25-2)21-19(23)15-10-6-7-11-16(15)20(21)24/h3-11,17-18H,12H2,1-2H3/t17-,18-/m1/s1. The molecule has 6 heteroatoms. The summed E-state index contributed by atoms with van der Waals surface area (Å²) in [4.78, 5) is 38.5. The van der Waals surface area contributed by atoms with E-state index in [9.17, 15) is 14.4 Å². The Kier molecular flexibility index (Phi) is 5.14. The number of benzene rings is 2. The summed E-state index contributed by atoms with van der Waals surface area (Å²) in [7, 11) is 1.47. The van der Waals surface area contributed by atoms with Crippen molar-refractivity contribution in [2.75, 3.05) is 13.7 Å². The SMILES string of the molecule is COC[C@H]([C@H](OC(C)=O)c1ccccc1)N1C(=O)c2ccccc2C1=O. The van der Waals surface area contributed by atoms with Crippen molar-refractivity contribution in [3.8, 4) is 0 Å². The molecule has 0 spiro atoms. The first-order valence-corrected chi connectivity index (χ1v) is 8.22. The van der Waals surface area contributed by atoms with Crippen LogP contribution in [-0.2, 0) is 14.3 Å². The van der Waals surface area contributed by atoms with Crippen LogP contribution in [0.3, 0.4) is 0 Å². The number of imide groups is 1. The first kappa shape index (κ1) is 17.8. The Hall–Kier alpha value is -2.99. The molecule has 0 bridgehead atoms. The van der Waals surface area contributed by atoms with E-state index in [1.807, 2.05) is 6.07 Å². The first-order valence-electron chi connectivity index (χ1n) is 8.22. The van der Waals surface area contributed by atoms with Gasteiger partial charge in [0, 0.05) is 14.0 Å². The fourth-order valence-corrected chi connectivity index (χ4v) is 3.17. The highest BCUT2D eigenvalue weighted by molar-refractivity contribution is 6.21. The van der Waals surface area contributed by atoms with E-state index in [0.717, 1.165) is 4.90 Å². The quantitative estimate of drug-likeness (QED) is 0.590. The summed E-state index contributed by atoms with van der Waals surface area (Å²) in [6, 6.07) is 14.9. The molecule has 3 rings (SSSR count). The number of hydrogen-bond donors (Lipinski definition) is 0. The molecule has 0 N–H and O–H groups in total. The van der Waals surface area contributed by atoms with Crippen LogP contribution in [0.4, 0.5) is 0 Å². The molecular weight excluding hydrogens is 334 g/mol. The highest BCUT2D eigenvalue weighted by Gasteiger charge is 2.44. The molecule has 2 aromatic rings. The first-order chi connectivity index (χ1) is 12.5. The van der Waals surface area contributed by atoms with Gasteiger partial charge in [0.15, 0.2) is 0 Å². The Bertz CT molecular complexity index is 798. The number of fused-ring (bicyclic) bond motifs is 1. The summed E-state index contributed by atoms with van der Waals surface area (Å²) < 4.78 is 10.8. The van der Waals surface area contributed by atoms with Crippen LogP contribution in [0.1, 0.15) is 39.3 Å². The lowest BCUT2D eigenvalue weighted by molar-refractivity contribution is -0.150. The number of carbonyl (C=O) groups excluding carboxylic acids is 3. The maximum absolute atomic E-state index is 12.9. The zero-order chi connectivity index (χ0) is 18.7. The van der Waals surface area contributed by atoms with Gasteiger partial charge in [0.25, 0.3) is 11.8 Å². The third kappa shape index (κ3) is 3.23. The van der Waals surface area contributed by atoms with Gasteiger partial charge in [-0.15, -0.1) is 0 Å². The lowest BCUT2D eigenvalue weighted by Crippen LogP contribution is -2.47. The molecule has 0 aromatic heterocycles. The van der Waals surface area contributed by atoms with Crippen molar-refractivity contribution in [1.29, 1.82) is 0 Å². The summed E-state index contributed by atoms with van der Waals surface area (Å²) >= 11 is 0. The number of hydrogen-bond acceptors (Lipinski definition) is 5. The Labute approximate surface area is 151 Å². The lowest BCUT2D eigenvalue weighted by Gasteiger charge is -2.32. The molecule has 6 nitrogen and oxygen atoms in total. The van der Waals surface area contributed by atoms with Gasteiger partial charge >= 0.3 is 5.97 Å². The second-order valence-electron chi connectivity index (χ2n) is 5.99. The van der Waals surface area contributed by atoms with Crippen LogP contribution in [-0.4, -0.2) is 42.4 Å². The number of esters is 1. The predicted octanol–water partition coefficient (Wildman–Crippen LogP) is 2.60. The van der Waals surface area contributed by atoms with Gasteiger partial charge < -0.3 is 9.47 Å². The van der Waals surface area contributed by atoms with E-state index in [0.29, 0.717) is 16.7 Å². The number of carbonyl (C=O) groups is 3. The molecule has 1 aliphatic rings. The number of ether oxygens (including phenoxy) is 2. The molecule has 134 valence electrons. The molecule has 1 heterocycles. The van der Waals surface area contributed by atoms with Gasteiger partial charge in [0.1, 0.15) is 12.1 Å². The molecule has 0 fully saturated rings. The van der Waals surface area contributed by atoms with Crippen LogP contribution in [0.2, 0.25) is 0 Å². The molecule has 1 aliphatic heterocycles. The number of methoxy groups -OCH3 is 1. The lowest BCUT2D eigenvalue weighted by atomic mass is 10.0. The second-order valence-corrected chi connectivity index (χ2v) is 5.99. The minimum Gasteiger partial charge on any atom is -0.455 e. The maximum atomic E-state index is 12.9. The van der Waals surface area contributed by atoms with Crippen molar-refractivity contribution < 1.29 is 23.9 Å². The second kappa shape index (κ2) is 7.49. The average Bonchev–Trinajstić information content (AvgIpc) is 2.90. The largest absolute Gasteiger partial charge is 0.455 e. The number of nitrogens with zero attached hydrogens (tertiary/aromatic N) is 1. The van der Waals surface area contributed by atoms with Gasteiger partial charge in [-0.05, 0) is 17.7 Å².